The Balaban J connectivity index is 1.90. The fraction of sp³-hybridized carbons (Fsp3) is 0.150. The molecule has 1 amide bonds. The average Bonchev–Trinajstić information content (AvgIpc) is 3.00. The Hall–Kier alpha value is -3.82. The summed E-state index contributed by atoms with van der Waals surface area (Å²) < 4.78 is 39.9. The minimum absolute atomic E-state index is 0.0304. The van der Waals surface area contributed by atoms with E-state index in [0.717, 1.165) is 16.8 Å². The van der Waals surface area contributed by atoms with Crippen molar-refractivity contribution < 1.29 is 18.0 Å². The number of nitrogen functional groups attached to an aromatic ring is 1. The summed E-state index contributed by atoms with van der Waals surface area (Å²) in [6.07, 6.45) is -4.53. The molecule has 1 heterocycles. The smallest absolute Gasteiger partial charge is 0.399 e. The maximum atomic E-state index is 13.0. The Bertz CT molecular complexity index is 1170. The lowest BCUT2D eigenvalue weighted by Crippen LogP contribution is -2.23. The molecule has 0 unspecified atom stereocenters. The number of rotatable bonds is 4. The molecular formula is C20H18F3N5O2. The first kappa shape index (κ1) is 20.9. The number of alkyl halides is 3. The lowest BCUT2D eigenvalue weighted by Gasteiger charge is -2.08. The highest BCUT2D eigenvalue weighted by Crippen LogP contribution is 2.30. The van der Waals surface area contributed by atoms with Crippen LogP contribution < -0.4 is 16.7 Å². The van der Waals surface area contributed by atoms with Crippen molar-refractivity contribution in [2.24, 2.45) is 5.10 Å². The van der Waals surface area contributed by atoms with E-state index in [-0.39, 0.29) is 17.0 Å². The van der Waals surface area contributed by atoms with Crippen LogP contribution in [0.3, 0.4) is 0 Å². The number of hydrogen-bond donors (Lipinski definition) is 3. The Morgan fingerprint density at radius 1 is 1.17 bits per heavy atom. The van der Waals surface area contributed by atoms with Crippen LogP contribution in [-0.2, 0) is 6.18 Å². The van der Waals surface area contributed by atoms with E-state index < -0.39 is 23.2 Å². The molecule has 0 aliphatic heterocycles. The molecule has 0 aliphatic carbocycles. The molecule has 1 aromatic heterocycles. The minimum Gasteiger partial charge on any atom is -0.399 e. The molecule has 0 fully saturated rings. The molecule has 0 aliphatic rings. The number of H-pyrrole nitrogens is 1. The Kier molecular flexibility index (Phi) is 5.50. The molecule has 30 heavy (non-hydrogen) atoms. The first-order valence-electron chi connectivity index (χ1n) is 8.77. The zero-order valence-electron chi connectivity index (χ0n) is 16.0. The van der Waals surface area contributed by atoms with E-state index >= 15 is 0 Å². The van der Waals surface area contributed by atoms with Gasteiger partial charge < -0.3 is 5.73 Å². The van der Waals surface area contributed by atoms with Gasteiger partial charge in [-0.25, -0.2) is 10.1 Å². The average molecular weight is 417 g/mol. The topological polar surface area (TPSA) is 105 Å². The summed E-state index contributed by atoms with van der Waals surface area (Å²) in [6, 6.07) is 10.6. The fourth-order valence-corrected chi connectivity index (χ4v) is 2.87. The predicted octanol–water partition coefficient (Wildman–Crippen LogP) is 3.23. The van der Waals surface area contributed by atoms with Gasteiger partial charge in [0.25, 0.3) is 11.5 Å². The second-order valence-corrected chi connectivity index (χ2v) is 6.56. The summed E-state index contributed by atoms with van der Waals surface area (Å²) >= 11 is 0. The van der Waals surface area contributed by atoms with E-state index in [1.165, 1.54) is 31.2 Å². The van der Waals surface area contributed by atoms with Crippen molar-refractivity contribution in [1.29, 1.82) is 0 Å². The minimum atomic E-state index is -4.53. The summed E-state index contributed by atoms with van der Waals surface area (Å²) in [5.41, 5.74) is 8.06. The first-order chi connectivity index (χ1) is 14.1. The molecule has 0 radical (unpaired) electrons. The van der Waals surface area contributed by atoms with Crippen LogP contribution in [0.4, 0.5) is 18.9 Å². The number of nitrogens with two attached hydrogens (primary N) is 1. The zero-order chi connectivity index (χ0) is 22.1. The van der Waals surface area contributed by atoms with Crippen molar-refractivity contribution in [2.75, 3.05) is 5.73 Å². The number of halogens is 3. The summed E-state index contributed by atoms with van der Waals surface area (Å²) in [6.45, 7) is 3.10. The SMILES string of the molecule is CC(=NNC(=O)c1ccc(N)cc1)c1c(C)[nH]n(-c2cccc(C(F)(F)F)c2)c1=O. The van der Waals surface area contributed by atoms with Crippen LogP contribution in [0.1, 0.15) is 34.1 Å². The monoisotopic (exact) mass is 417 g/mol. The van der Waals surface area contributed by atoms with Crippen LogP contribution in [-0.4, -0.2) is 21.4 Å². The Morgan fingerprint density at radius 2 is 1.83 bits per heavy atom. The number of amides is 1. The molecule has 0 bridgehead atoms. The molecule has 3 rings (SSSR count). The Morgan fingerprint density at radius 3 is 2.47 bits per heavy atom. The third-order valence-corrected chi connectivity index (χ3v) is 4.36. The highest BCUT2D eigenvalue weighted by atomic mass is 19.4. The molecule has 0 spiro atoms. The largest absolute Gasteiger partial charge is 0.416 e. The highest BCUT2D eigenvalue weighted by Gasteiger charge is 2.30. The van der Waals surface area contributed by atoms with E-state index in [2.05, 4.69) is 15.6 Å². The van der Waals surface area contributed by atoms with E-state index in [1.54, 1.807) is 19.1 Å². The summed E-state index contributed by atoms with van der Waals surface area (Å²) in [4.78, 5) is 25.0. The third-order valence-electron chi connectivity index (χ3n) is 4.36. The van der Waals surface area contributed by atoms with Gasteiger partial charge in [-0.15, -0.1) is 0 Å². The number of nitrogens with zero attached hydrogens (tertiary/aromatic N) is 2. The second kappa shape index (κ2) is 7.90. The lowest BCUT2D eigenvalue weighted by molar-refractivity contribution is -0.137. The predicted molar refractivity (Wildman–Crippen MR) is 107 cm³/mol. The number of benzene rings is 2. The molecular weight excluding hydrogens is 399 g/mol. The number of carbonyl (C=O) groups excluding carboxylic acids is 1. The van der Waals surface area contributed by atoms with E-state index in [1.807, 2.05) is 0 Å². The van der Waals surface area contributed by atoms with Gasteiger partial charge in [0.2, 0.25) is 0 Å². The molecule has 0 saturated heterocycles. The van der Waals surface area contributed by atoms with Gasteiger partial charge in [-0.3, -0.25) is 14.7 Å². The van der Waals surface area contributed by atoms with Gasteiger partial charge >= 0.3 is 6.18 Å². The number of hydrazone groups is 1. The molecule has 3 aromatic rings. The normalized spacial score (nSPS) is 12.1. The number of nitrogens with one attached hydrogen (secondary N) is 2. The molecule has 156 valence electrons. The van der Waals surface area contributed by atoms with Crippen LogP contribution in [0.5, 0.6) is 0 Å². The first-order valence-corrected chi connectivity index (χ1v) is 8.77. The number of aromatic amines is 1. The van der Waals surface area contributed by atoms with Crippen molar-refractivity contribution in [3.63, 3.8) is 0 Å². The summed E-state index contributed by atoms with van der Waals surface area (Å²) in [5, 5.41) is 6.69. The van der Waals surface area contributed by atoms with Gasteiger partial charge in [0.1, 0.15) is 0 Å². The second-order valence-electron chi connectivity index (χ2n) is 6.56. The van der Waals surface area contributed by atoms with Gasteiger partial charge in [-0.1, -0.05) is 6.07 Å². The van der Waals surface area contributed by atoms with Crippen molar-refractivity contribution in [1.82, 2.24) is 15.2 Å². The van der Waals surface area contributed by atoms with Crippen LogP contribution in [0, 0.1) is 6.92 Å². The number of hydrogen-bond acceptors (Lipinski definition) is 4. The van der Waals surface area contributed by atoms with Crippen LogP contribution in [0.2, 0.25) is 0 Å². The van der Waals surface area contributed by atoms with E-state index in [0.29, 0.717) is 16.9 Å². The fourth-order valence-electron chi connectivity index (χ4n) is 2.87. The van der Waals surface area contributed by atoms with Gasteiger partial charge in [0.15, 0.2) is 0 Å². The van der Waals surface area contributed by atoms with Crippen molar-refractivity contribution >= 4 is 17.3 Å². The van der Waals surface area contributed by atoms with Crippen molar-refractivity contribution in [3.8, 4) is 5.69 Å². The van der Waals surface area contributed by atoms with Gasteiger partial charge in [0, 0.05) is 16.9 Å². The van der Waals surface area contributed by atoms with Gasteiger partial charge in [-0.05, 0) is 56.3 Å². The van der Waals surface area contributed by atoms with Crippen LogP contribution in [0.15, 0.2) is 58.4 Å². The molecule has 10 heteroatoms. The van der Waals surface area contributed by atoms with E-state index in [4.69, 9.17) is 5.73 Å². The van der Waals surface area contributed by atoms with E-state index in [9.17, 15) is 22.8 Å². The quantitative estimate of drug-likeness (QED) is 0.345. The summed E-state index contributed by atoms with van der Waals surface area (Å²) in [7, 11) is 0. The number of aryl methyl sites for hydroxylation is 1. The zero-order valence-corrected chi connectivity index (χ0v) is 16.0. The molecule has 7 nitrogen and oxygen atoms in total. The van der Waals surface area contributed by atoms with Crippen molar-refractivity contribution in [2.45, 2.75) is 20.0 Å². The molecule has 0 saturated carbocycles. The standard InChI is InChI=1S/C20H18F3N5O2/c1-11(25-26-18(29)13-6-8-15(24)9-7-13)17-12(2)27-28(19(17)30)16-5-3-4-14(10-16)20(21,22)23/h3-10,27H,24H2,1-2H3,(H,26,29). The van der Waals surface area contributed by atoms with Gasteiger partial charge in [-0.2, -0.15) is 18.3 Å². The highest BCUT2D eigenvalue weighted by molar-refractivity contribution is 6.01. The molecule has 4 N–H and O–H groups in total. The van der Waals surface area contributed by atoms with Crippen molar-refractivity contribution in [3.05, 3.63) is 81.3 Å². The van der Waals surface area contributed by atoms with Crippen LogP contribution >= 0.6 is 0 Å². The van der Waals surface area contributed by atoms with Crippen LogP contribution in [0.25, 0.3) is 5.69 Å². The summed E-state index contributed by atoms with van der Waals surface area (Å²) in [5.74, 6) is -0.499. The van der Waals surface area contributed by atoms with Gasteiger partial charge in [0.05, 0.1) is 22.5 Å². The number of carbonyl (C=O) groups is 1. The number of aromatic nitrogens is 2. The Labute approximate surface area is 169 Å². The maximum absolute atomic E-state index is 13.0. The molecule has 2 aromatic carbocycles. The maximum Gasteiger partial charge on any atom is 0.416 e. The lowest BCUT2D eigenvalue weighted by atomic mass is 10.1. The molecule has 0 atom stereocenters. The number of anilines is 1. The third kappa shape index (κ3) is 4.27.